The molecule has 0 aromatic heterocycles. The van der Waals surface area contributed by atoms with E-state index in [1.165, 1.54) is 26.2 Å². The molecule has 0 radical (unpaired) electrons. The number of rotatable bonds is 12. The quantitative estimate of drug-likeness (QED) is 0.297. The fourth-order valence-corrected chi connectivity index (χ4v) is 15.6. The summed E-state index contributed by atoms with van der Waals surface area (Å²) in [4.78, 5) is 14.8. The molecule has 0 rings (SSSR count). The second-order valence-electron chi connectivity index (χ2n) is 5.91. The summed E-state index contributed by atoms with van der Waals surface area (Å²) in [6.45, 7) is 8.22. The average molecular weight is 407 g/mol. The molecule has 0 fully saturated rings. The maximum absolute atomic E-state index is 12.1. The standard InChI is InChI=1S/C4H7NO3.3C4H9.Sn/c1-3(6)5-2-4(7)8;3*1-3-4-2;/h2H2,1H3,(H,5,6)(H,7,8);3*1,3-4H2,2H3;/q;;;;+1. The zero-order valence-electron chi connectivity index (χ0n) is 14.3. The fourth-order valence-electron chi connectivity index (χ4n) is 2.50. The predicted octanol–water partition coefficient (Wildman–Crippen LogP) is 2.93. The van der Waals surface area contributed by atoms with E-state index >= 15 is 0 Å². The van der Waals surface area contributed by atoms with E-state index in [4.69, 9.17) is 8.18 Å². The molecule has 2 N–H and O–H groups in total. The van der Waals surface area contributed by atoms with Crippen LogP contribution in [0.4, 0.5) is 0 Å². The van der Waals surface area contributed by atoms with Crippen molar-refractivity contribution in [2.75, 3.05) is 6.54 Å². The van der Waals surface area contributed by atoms with E-state index in [1.54, 1.807) is 0 Å². The first-order chi connectivity index (χ1) is 9.99. The van der Waals surface area contributed by atoms with Gasteiger partial charge in [0, 0.05) is 0 Å². The Balaban J connectivity index is 4.84. The van der Waals surface area contributed by atoms with Gasteiger partial charge in [-0.1, -0.05) is 0 Å². The van der Waals surface area contributed by atoms with Crippen molar-refractivity contribution in [1.29, 1.82) is 0 Å². The number of unbranched alkanes of at least 4 members (excludes halogenated alkanes) is 3. The summed E-state index contributed by atoms with van der Waals surface area (Å²) >= 11 is -2.82. The molecule has 0 bridgehead atoms. The summed E-state index contributed by atoms with van der Waals surface area (Å²) in [5, 5.41) is 9.14. The third kappa shape index (κ3) is 10.1. The summed E-state index contributed by atoms with van der Waals surface area (Å²) < 4.78 is 9.53. The van der Waals surface area contributed by atoms with Crippen LogP contribution in [0.5, 0.6) is 0 Å². The van der Waals surface area contributed by atoms with Crippen LogP contribution >= 0.6 is 0 Å². The Labute approximate surface area is 134 Å². The minimum atomic E-state index is -2.82. The van der Waals surface area contributed by atoms with Gasteiger partial charge in [-0.15, -0.1) is 0 Å². The molecule has 0 aliphatic rings. The molecule has 0 unspecified atom stereocenters. The van der Waals surface area contributed by atoms with Crippen molar-refractivity contribution in [2.24, 2.45) is 0 Å². The Morgan fingerprint density at radius 2 is 1.43 bits per heavy atom. The Bertz CT molecular complexity index is 293. The van der Waals surface area contributed by atoms with E-state index in [-0.39, 0.29) is 18.4 Å². The van der Waals surface area contributed by atoms with Crippen LogP contribution in [-0.2, 0) is 7.87 Å². The summed E-state index contributed by atoms with van der Waals surface area (Å²) in [5.41, 5.74) is 0. The van der Waals surface area contributed by atoms with Crippen molar-refractivity contribution in [3.63, 3.8) is 0 Å². The third-order valence-corrected chi connectivity index (χ3v) is 16.5. The van der Waals surface area contributed by atoms with Crippen LogP contribution in [-0.4, -0.2) is 42.3 Å². The molecular formula is C16H34NO3Sn+. The maximum atomic E-state index is 12.1. The van der Waals surface area contributed by atoms with Crippen LogP contribution in [0.15, 0.2) is 0 Å². The minimum absolute atomic E-state index is 0.0726. The van der Waals surface area contributed by atoms with E-state index in [9.17, 15) is 4.79 Å². The fraction of sp³-hybridized carbons (Fsp3) is 0.875. The molecule has 0 heterocycles. The van der Waals surface area contributed by atoms with Gasteiger partial charge in [0.25, 0.3) is 0 Å². The zero-order chi connectivity index (χ0) is 16.1. The van der Waals surface area contributed by atoms with Gasteiger partial charge in [0.15, 0.2) is 0 Å². The van der Waals surface area contributed by atoms with Crippen LogP contribution in [0.2, 0.25) is 13.3 Å². The Hall–Kier alpha value is -0.261. The van der Waals surface area contributed by atoms with Gasteiger partial charge in [-0.25, -0.2) is 0 Å². The normalized spacial score (nSPS) is 12.5. The molecule has 124 valence electrons. The van der Waals surface area contributed by atoms with Gasteiger partial charge in [0.1, 0.15) is 0 Å². The number of hydrogen-bond donors (Lipinski definition) is 2. The van der Waals surface area contributed by atoms with Crippen LogP contribution in [0.25, 0.3) is 0 Å². The third-order valence-electron chi connectivity index (χ3n) is 3.78. The first-order valence-corrected chi connectivity index (χ1v) is 15.7. The molecule has 0 aliphatic carbocycles. The molecule has 0 saturated heterocycles. The predicted molar refractivity (Wildman–Crippen MR) is 90.1 cm³/mol. The molecule has 0 amide bonds. The topological polar surface area (TPSA) is 60.5 Å². The Morgan fingerprint density at radius 3 is 1.76 bits per heavy atom. The zero-order valence-corrected chi connectivity index (χ0v) is 17.2. The molecule has 21 heavy (non-hydrogen) atoms. The number of hydrogen-bond acceptors (Lipinski definition) is 2. The first kappa shape index (κ1) is 20.7. The average Bonchev–Trinajstić information content (AvgIpc) is 2.46. The number of carbonyl (C=O) groups excluding carboxylic acids is 1. The molecule has 0 spiro atoms. The Kier molecular flexibility index (Phi) is 12.1. The molecule has 4 nitrogen and oxygen atoms in total. The Morgan fingerprint density at radius 1 is 1.00 bits per heavy atom. The van der Waals surface area contributed by atoms with Crippen molar-refractivity contribution in [3.05, 3.63) is 0 Å². The summed E-state index contributed by atoms with van der Waals surface area (Å²) in [7, 11) is 0. The molecule has 0 atom stereocenters. The number of carbonyl (C=O) groups is 1. The van der Waals surface area contributed by atoms with Gasteiger partial charge >= 0.3 is 135 Å². The molecule has 0 saturated carbocycles. The van der Waals surface area contributed by atoms with E-state index in [0.29, 0.717) is 0 Å². The number of aliphatic hydroxyl groups is 1. The van der Waals surface area contributed by atoms with Gasteiger partial charge in [0.2, 0.25) is 0 Å². The SMILES string of the molecule is CCC[CH2][Sn]([CH2]CCC)([CH2]CCC)[O]C(=O)C[NH+]=C(C)O. The van der Waals surface area contributed by atoms with E-state index in [0.717, 1.165) is 32.6 Å². The van der Waals surface area contributed by atoms with Crippen molar-refractivity contribution in [1.82, 2.24) is 0 Å². The monoisotopic (exact) mass is 408 g/mol. The van der Waals surface area contributed by atoms with Crippen LogP contribution in [0, 0.1) is 0 Å². The van der Waals surface area contributed by atoms with E-state index < -0.39 is 18.8 Å². The van der Waals surface area contributed by atoms with E-state index in [2.05, 4.69) is 25.8 Å². The van der Waals surface area contributed by atoms with Gasteiger partial charge < -0.3 is 0 Å². The van der Waals surface area contributed by atoms with Gasteiger partial charge in [-0.3, -0.25) is 0 Å². The van der Waals surface area contributed by atoms with E-state index in [1.807, 2.05) is 0 Å². The van der Waals surface area contributed by atoms with Gasteiger partial charge in [-0.05, 0) is 0 Å². The molecule has 0 aliphatic heterocycles. The van der Waals surface area contributed by atoms with Crippen LogP contribution < -0.4 is 4.99 Å². The van der Waals surface area contributed by atoms with Gasteiger partial charge in [0.05, 0.1) is 0 Å². The summed E-state index contributed by atoms with van der Waals surface area (Å²) in [6, 6.07) is 0. The van der Waals surface area contributed by atoms with Crippen molar-refractivity contribution in [2.45, 2.75) is 79.5 Å². The molecule has 0 aromatic rings. The van der Waals surface area contributed by atoms with Crippen molar-refractivity contribution in [3.8, 4) is 0 Å². The van der Waals surface area contributed by atoms with Crippen molar-refractivity contribution < 1.29 is 18.0 Å². The number of aliphatic hydroxyl groups excluding tert-OH is 1. The molecule has 5 heteroatoms. The summed E-state index contributed by atoms with van der Waals surface area (Å²) in [6.07, 6.45) is 7.02. The molecular weight excluding hydrogens is 373 g/mol. The van der Waals surface area contributed by atoms with Crippen LogP contribution in [0.1, 0.15) is 66.2 Å². The van der Waals surface area contributed by atoms with Gasteiger partial charge in [-0.2, -0.15) is 0 Å². The first-order valence-electron chi connectivity index (χ1n) is 8.48. The van der Waals surface area contributed by atoms with Crippen LogP contribution in [0.3, 0.4) is 0 Å². The van der Waals surface area contributed by atoms with Crippen molar-refractivity contribution >= 4 is 30.7 Å². The molecule has 0 aromatic carbocycles. The second-order valence-corrected chi connectivity index (χ2v) is 17.5. The summed E-state index contributed by atoms with van der Waals surface area (Å²) in [5.74, 6) is -0.106. The second kappa shape index (κ2) is 12.3. The number of nitrogens with one attached hydrogen (secondary N) is 1.